The van der Waals surface area contributed by atoms with E-state index in [0.717, 1.165) is 0 Å². The molecule has 2 heteroatoms. The molecule has 0 spiro atoms. The van der Waals surface area contributed by atoms with Crippen LogP contribution in [0.25, 0.3) is 0 Å². The molecule has 1 aromatic heterocycles. The van der Waals surface area contributed by atoms with Crippen molar-refractivity contribution >= 4 is 11.5 Å². The average molecular weight is 84.1 g/mol. The third kappa shape index (κ3) is 0.450. The smallest absolute Gasteiger partial charge is 0.0486 e. The van der Waals surface area contributed by atoms with E-state index in [1.165, 1.54) is 11.5 Å². The summed E-state index contributed by atoms with van der Waals surface area (Å²) in [4.78, 5) is 0. The van der Waals surface area contributed by atoms with Gasteiger partial charge in [-0.2, -0.15) is 0 Å². The molecule has 5 heavy (non-hydrogen) atoms. The molecule has 0 bridgehead atoms. The number of hydrogen-bond acceptors (Lipinski definition) is 2. The van der Waals surface area contributed by atoms with Gasteiger partial charge in [-0.05, 0) is 11.5 Å². The van der Waals surface area contributed by atoms with Crippen molar-refractivity contribution in [2.45, 2.75) is 0 Å². The maximum Gasteiger partial charge on any atom is 0.0486 e. The summed E-state index contributed by atoms with van der Waals surface area (Å²) in [5.74, 6) is 0. The van der Waals surface area contributed by atoms with Crippen molar-refractivity contribution in [2.24, 2.45) is 0 Å². The fourth-order valence-corrected chi connectivity index (χ4v) is 0.456. The van der Waals surface area contributed by atoms with Gasteiger partial charge < -0.3 is 0 Å². The van der Waals surface area contributed by atoms with E-state index in [4.69, 9.17) is 0 Å². The zero-order valence-corrected chi connectivity index (χ0v) is 3.33. The average Bonchev–Trinajstić information content (AvgIpc) is 1.76. The number of nitrogens with zero attached hydrogens (tertiary/aromatic N) is 1. The normalized spacial score (nSPS) is 8.00. The van der Waals surface area contributed by atoms with Crippen molar-refractivity contribution in [2.75, 3.05) is 0 Å². The van der Waals surface area contributed by atoms with E-state index >= 15 is 0 Å². The van der Waals surface area contributed by atoms with Crippen molar-refractivity contribution in [3.63, 3.8) is 0 Å². The zero-order chi connectivity index (χ0) is 3.54. The molecule has 0 saturated heterocycles. The van der Waals surface area contributed by atoms with Crippen LogP contribution in [0.3, 0.4) is 0 Å². The van der Waals surface area contributed by atoms with Crippen LogP contribution in [0, 0.1) is 6.07 Å². The van der Waals surface area contributed by atoms with Crippen LogP contribution in [0.1, 0.15) is 0 Å². The molecule has 0 fully saturated rings. The first-order valence-corrected chi connectivity index (χ1v) is 2.09. The molecule has 1 aromatic rings. The van der Waals surface area contributed by atoms with Crippen molar-refractivity contribution in [1.29, 1.82) is 0 Å². The molecule has 0 atom stereocenters. The standard InChI is InChI=1S/C3H2NS/c1-2-4-5-3-1/h2-3H. The second-order valence-electron chi connectivity index (χ2n) is 0.624. The first-order valence-electron chi connectivity index (χ1n) is 1.25. The highest BCUT2D eigenvalue weighted by molar-refractivity contribution is 7.03. The molecule has 0 saturated carbocycles. The quantitative estimate of drug-likeness (QED) is 0.456. The molecule has 1 nitrogen and oxygen atoms in total. The fourth-order valence-electron chi connectivity index (χ4n) is 0.152. The second-order valence-corrected chi connectivity index (χ2v) is 1.28. The van der Waals surface area contributed by atoms with Gasteiger partial charge in [0.15, 0.2) is 0 Å². The summed E-state index contributed by atoms with van der Waals surface area (Å²) in [5.41, 5.74) is 0. The molecule has 1 radical (unpaired) electrons. The van der Waals surface area contributed by atoms with E-state index in [2.05, 4.69) is 10.4 Å². The van der Waals surface area contributed by atoms with Crippen LogP contribution in [-0.2, 0) is 0 Å². The molecule has 0 aromatic carbocycles. The SMILES string of the molecule is [c]1cnsc1. The third-order valence-electron chi connectivity index (χ3n) is 0.309. The molecule has 25 valence electrons. The summed E-state index contributed by atoms with van der Waals surface area (Å²) in [5, 5.41) is 1.81. The van der Waals surface area contributed by atoms with Gasteiger partial charge in [0.05, 0.1) is 0 Å². The lowest BCUT2D eigenvalue weighted by Crippen LogP contribution is -1.33. The maximum atomic E-state index is 3.71. The topological polar surface area (TPSA) is 12.9 Å². The highest BCUT2D eigenvalue weighted by Crippen LogP contribution is 1.82. The molecule has 0 aliphatic heterocycles. The summed E-state index contributed by atoms with van der Waals surface area (Å²) < 4.78 is 3.71. The molecule has 0 unspecified atom stereocenters. The van der Waals surface area contributed by atoms with Gasteiger partial charge in [-0.15, -0.1) is 0 Å². The minimum absolute atomic E-state index is 1.41. The Morgan fingerprint density at radius 2 is 2.80 bits per heavy atom. The van der Waals surface area contributed by atoms with Crippen LogP contribution in [0.2, 0.25) is 0 Å². The Morgan fingerprint density at radius 3 is 3.00 bits per heavy atom. The summed E-state index contributed by atoms with van der Waals surface area (Å²) >= 11 is 1.41. The molecule has 0 N–H and O–H groups in total. The Kier molecular flexibility index (Phi) is 0.667. The van der Waals surface area contributed by atoms with Gasteiger partial charge in [-0.25, -0.2) is 4.37 Å². The van der Waals surface area contributed by atoms with E-state index < -0.39 is 0 Å². The zero-order valence-electron chi connectivity index (χ0n) is 2.51. The van der Waals surface area contributed by atoms with Crippen LogP contribution in [-0.4, -0.2) is 4.37 Å². The lowest BCUT2D eigenvalue weighted by Gasteiger charge is -1.41. The predicted octanol–water partition coefficient (Wildman–Crippen LogP) is 0.943. The van der Waals surface area contributed by atoms with Crippen LogP contribution in [0.5, 0.6) is 0 Å². The molecule has 0 aliphatic carbocycles. The summed E-state index contributed by atoms with van der Waals surface area (Å²) in [6.45, 7) is 0. The summed E-state index contributed by atoms with van der Waals surface area (Å²) in [6.07, 6.45) is 1.64. The van der Waals surface area contributed by atoms with Crippen LogP contribution in [0.4, 0.5) is 0 Å². The van der Waals surface area contributed by atoms with Gasteiger partial charge >= 0.3 is 0 Å². The Hall–Kier alpha value is -0.370. The predicted molar refractivity (Wildman–Crippen MR) is 20.9 cm³/mol. The van der Waals surface area contributed by atoms with Crippen LogP contribution < -0.4 is 0 Å². The number of hydrogen-bond donors (Lipinski definition) is 0. The minimum atomic E-state index is 1.41. The third-order valence-corrected chi connectivity index (χ3v) is 0.777. The number of aromatic nitrogens is 1. The van der Waals surface area contributed by atoms with Crippen molar-refractivity contribution in [3.05, 3.63) is 17.6 Å². The minimum Gasteiger partial charge on any atom is -0.201 e. The first-order chi connectivity index (χ1) is 2.50. The largest absolute Gasteiger partial charge is 0.201 e. The fraction of sp³-hybridized carbons (Fsp3) is 0. The first kappa shape index (κ1) is 2.85. The van der Waals surface area contributed by atoms with Gasteiger partial charge in [0.2, 0.25) is 0 Å². The molecule has 0 amide bonds. The highest BCUT2D eigenvalue weighted by Gasteiger charge is 1.61. The Bertz CT molecular complexity index is 63.4. The monoisotopic (exact) mass is 84.0 g/mol. The van der Waals surface area contributed by atoms with E-state index in [9.17, 15) is 0 Å². The van der Waals surface area contributed by atoms with Crippen LogP contribution in [0.15, 0.2) is 11.6 Å². The van der Waals surface area contributed by atoms with E-state index in [-0.39, 0.29) is 0 Å². The molecule has 1 heterocycles. The second kappa shape index (κ2) is 1.17. The summed E-state index contributed by atoms with van der Waals surface area (Å²) in [6, 6.07) is 2.77. The molecule has 0 aliphatic rings. The van der Waals surface area contributed by atoms with Gasteiger partial charge in [-0.1, -0.05) is 0 Å². The highest BCUT2D eigenvalue weighted by atomic mass is 32.1. The Morgan fingerprint density at radius 1 is 1.80 bits per heavy atom. The lowest BCUT2D eigenvalue weighted by molar-refractivity contribution is 1.58. The van der Waals surface area contributed by atoms with Crippen molar-refractivity contribution in [1.82, 2.24) is 4.37 Å². The Balaban J connectivity index is 3.13. The van der Waals surface area contributed by atoms with Crippen LogP contribution >= 0.6 is 11.5 Å². The van der Waals surface area contributed by atoms with Crippen molar-refractivity contribution < 1.29 is 0 Å². The van der Waals surface area contributed by atoms with Crippen molar-refractivity contribution in [3.8, 4) is 0 Å². The number of rotatable bonds is 0. The molecule has 1 rings (SSSR count). The lowest BCUT2D eigenvalue weighted by atomic mass is 10.8. The van der Waals surface area contributed by atoms with Gasteiger partial charge in [0.1, 0.15) is 0 Å². The van der Waals surface area contributed by atoms with E-state index in [1.54, 1.807) is 11.6 Å². The maximum absolute atomic E-state index is 3.71. The summed E-state index contributed by atoms with van der Waals surface area (Å²) in [7, 11) is 0. The Labute approximate surface area is 34.4 Å². The van der Waals surface area contributed by atoms with Gasteiger partial charge in [0.25, 0.3) is 0 Å². The molecular weight excluding hydrogens is 82.1 g/mol. The van der Waals surface area contributed by atoms with Gasteiger partial charge in [0, 0.05) is 17.6 Å². The van der Waals surface area contributed by atoms with E-state index in [1.807, 2.05) is 0 Å². The van der Waals surface area contributed by atoms with Gasteiger partial charge in [-0.3, -0.25) is 0 Å². The molecular formula is C3H2NS. The van der Waals surface area contributed by atoms with E-state index in [0.29, 0.717) is 0 Å².